The van der Waals surface area contributed by atoms with Gasteiger partial charge in [-0.25, -0.2) is 0 Å². The zero-order valence-corrected chi connectivity index (χ0v) is 11.6. The van der Waals surface area contributed by atoms with E-state index in [1.54, 1.807) is 11.3 Å². The molecule has 3 rings (SSSR count). The Kier molecular flexibility index (Phi) is 3.39. The van der Waals surface area contributed by atoms with E-state index in [0.29, 0.717) is 12.8 Å². The predicted molar refractivity (Wildman–Crippen MR) is 76.2 cm³/mol. The average Bonchev–Trinajstić information content (AvgIpc) is 2.75. The SMILES string of the molecule is N#Cc1c(NC2=CCCC(=O)C2)sc2c1CCCC2. The maximum absolute atomic E-state index is 11.5. The number of carbonyl (C=O) groups is 1. The fourth-order valence-corrected chi connectivity index (χ4v) is 4.07. The molecule has 1 aromatic rings. The summed E-state index contributed by atoms with van der Waals surface area (Å²) in [5.41, 5.74) is 3.01. The van der Waals surface area contributed by atoms with Crippen molar-refractivity contribution >= 4 is 22.1 Å². The Balaban J connectivity index is 1.89. The molecule has 98 valence electrons. The number of nitrogens with zero attached hydrogens (tertiary/aromatic N) is 1. The highest BCUT2D eigenvalue weighted by Gasteiger charge is 2.22. The Labute approximate surface area is 116 Å². The molecule has 4 heteroatoms. The van der Waals surface area contributed by atoms with Gasteiger partial charge in [0.1, 0.15) is 16.9 Å². The van der Waals surface area contributed by atoms with Crippen LogP contribution in [-0.2, 0) is 17.6 Å². The quantitative estimate of drug-likeness (QED) is 0.895. The number of hydrogen-bond acceptors (Lipinski definition) is 4. The first kappa shape index (κ1) is 12.4. The molecule has 0 unspecified atom stereocenters. The zero-order chi connectivity index (χ0) is 13.2. The first-order valence-electron chi connectivity index (χ1n) is 6.80. The van der Waals surface area contributed by atoms with Crippen LogP contribution >= 0.6 is 11.3 Å². The zero-order valence-electron chi connectivity index (χ0n) is 10.8. The van der Waals surface area contributed by atoms with E-state index >= 15 is 0 Å². The molecule has 0 aromatic carbocycles. The standard InChI is InChI=1S/C15H16N2OS/c16-9-13-12-6-1-2-7-14(12)19-15(13)17-10-4-3-5-11(18)8-10/h4,17H,1-3,5-8H2. The van der Waals surface area contributed by atoms with Gasteiger partial charge in [0.15, 0.2) is 0 Å². The number of nitrogens with one attached hydrogen (secondary N) is 1. The number of allylic oxidation sites excluding steroid dienone is 2. The van der Waals surface area contributed by atoms with E-state index in [1.807, 2.05) is 0 Å². The molecular formula is C15H16N2OS. The molecule has 1 aromatic heterocycles. The van der Waals surface area contributed by atoms with Gasteiger partial charge >= 0.3 is 0 Å². The van der Waals surface area contributed by atoms with Crippen molar-refractivity contribution in [2.24, 2.45) is 0 Å². The smallest absolute Gasteiger partial charge is 0.139 e. The molecule has 0 saturated heterocycles. The molecule has 0 bridgehead atoms. The Morgan fingerprint density at radius 2 is 2.11 bits per heavy atom. The summed E-state index contributed by atoms with van der Waals surface area (Å²) in [6, 6.07) is 2.34. The fraction of sp³-hybridized carbons (Fsp3) is 0.467. The van der Waals surface area contributed by atoms with Gasteiger partial charge in [-0.2, -0.15) is 5.26 Å². The third kappa shape index (κ3) is 2.43. The highest BCUT2D eigenvalue weighted by molar-refractivity contribution is 7.16. The summed E-state index contributed by atoms with van der Waals surface area (Å²) in [5.74, 6) is 0.282. The number of thiophene rings is 1. The van der Waals surface area contributed by atoms with Crippen LogP contribution in [-0.4, -0.2) is 5.78 Å². The minimum Gasteiger partial charge on any atom is -0.349 e. The first-order valence-corrected chi connectivity index (χ1v) is 7.62. The van der Waals surface area contributed by atoms with Crippen molar-refractivity contribution in [2.75, 3.05) is 5.32 Å². The van der Waals surface area contributed by atoms with Gasteiger partial charge in [-0.15, -0.1) is 11.3 Å². The summed E-state index contributed by atoms with van der Waals surface area (Å²) in [5, 5.41) is 13.6. The molecule has 0 atom stereocenters. The molecule has 0 aliphatic heterocycles. The molecule has 0 radical (unpaired) electrons. The van der Waals surface area contributed by atoms with Gasteiger partial charge in [-0.05, 0) is 37.7 Å². The van der Waals surface area contributed by atoms with Gasteiger partial charge in [0.05, 0.1) is 5.56 Å². The summed E-state index contributed by atoms with van der Waals surface area (Å²) in [4.78, 5) is 12.8. The number of hydrogen-bond donors (Lipinski definition) is 1. The lowest BCUT2D eigenvalue weighted by Gasteiger charge is -2.13. The van der Waals surface area contributed by atoms with Crippen LogP contribution in [0.3, 0.4) is 0 Å². The van der Waals surface area contributed by atoms with Crippen LogP contribution in [0, 0.1) is 11.3 Å². The molecule has 1 N–H and O–H groups in total. The van der Waals surface area contributed by atoms with Crippen molar-refractivity contribution in [3.8, 4) is 6.07 Å². The molecule has 19 heavy (non-hydrogen) atoms. The van der Waals surface area contributed by atoms with Crippen molar-refractivity contribution in [3.63, 3.8) is 0 Å². The number of anilines is 1. The molecule has 3 nitrogen and oxygen atoms in total. The Morgan fingerprint density at radius 3 is 2.89 bits per heavy atom. The van der Waals surface area contributed by atoms with E-state index in [2.05, 4.69) is 17.5 Å². The Hall–Kier alpha value is -1.60. The number of Topliss-reactive ketones (excluding diaryl/α,β-unsaturated/α-hetero) is 1. The lowest BCUT2D eigenvalue weighted by Crippen LogP contribution is -2.10. The van der Waals surface area contributed by atoms with E-state index in [9.17, 15) is 10.1 Å². The van der Waals surface area contributed by atoms with Gasteiger partial charge in [0.2, 0.25) is 0 Å². The van der Waals surface area contributed by atoms with Crippen LogP contribution in [0.4, 0.5) is 5.00 Å². The van der Waals surface area contributed by atoms with Gasteiger partial charge in [0.25, 0.3) is 0 Å². The molecule has 0 amide bonds. The predicted octanol–water partition coefficient (Wildman–Crippen LogP) is 3.55. The number of rotatable bonds is 2. The summed E-state index contributed by atoms with van der Waals surface area (Å²) in [6.07, 6.45) is 8.54. The topological polar surface area (TPSA) is 52.9 Å². The van der Waals surface area contributed by atoms with Gasteiger partial charge in [0, 0.05) is 23.4 Å². The summed E-state index contributed by atoms with van der Waals surface area (Å²) >= 11 is 1.70. The Morgan fingerprint density at radius 1 is 1.26 bits per heavy atom. The highest BCUT2D eigenvalue weighted by Crippen LogP contribution is 2.38. The van der Waals surface area contributed by atoms with Crippen LogP contribution in [0.2, 0.25) is 0 Å². The lowest BCUT2D eigenvalue weighted by atomic mass is 9.96. The van der Waals surface area contributed by atoms with Crippen LogP contribution in [0.15, 0.2) is 11.8 Å². The van der Waals surface area contributed by atoms with Crippen molar-refractivity contribution < 1.29 is 4.79 Å². The number of aryl methyl sites for hydroxylation is 1. The third-order valence-corrected chi connectivity index (χ3v) is 4.97. The first-order chi connectivity index (χ1) is 9.28. The fourth-order valence-electron chi connectivity index (χ4n) is 2.79. The van der Waals surface area contributed by atoms with E-state index in [0.717, 1.165) is 35.5 Å². The molecule has 1 heterocycles. The normalized spacial score (nSPS) is 18.5. The van der Waals surface area contributed by atoms with Crippen molar-refractivity contribution in [2.45, 2.75) is 44.9 Å². The number of fused-ring (bicyclic) bond motifs is 1. The maximum Gasteiger partial charge on any atom is 0.139 e. The van der Waals surface area contributed by atoms with E-state index in [-0.39, 0.29) is 5.78 Å². The monoisotopic (exact) mass is 272 g/mol. The molecule has 2 aliphatic rings. The van der Waals surface area contributed by atoms with Gasteiger partial charge < -0.3 is 5.32 Å². The summed E-state index contributed by atoms with van der Waals surface area (Å²) in [6.45, 7) is 0. The van der Waals surface area contributed by atoms with Crippen LogP contribution in [0.1, 0.15) is 48.1 Å². The van der Waals surface area contributed by atoms with E-state index < -0.39 is 0 Å². The second kappa shape index (κ2) is 5.18. The molecular weight excluding hydrogens is 256 g/mol. The molecule has 0 spiro atoms. The largest absolute Gasteiger partial charge is 0.349 e. The van der Waals surface area contributed by atoms with E-state index in [4.69, 9.17) is 0 Å². The van der Waals surface area contributed by atoms with Gasteiger partial charge in [-0.1, -0.05) is 6.08 Å². The third-order valence-electron chi connectivity index (χ3n) is 3.76. The van der Waals surface area contributed by atoms with Crippen LogP contribution in [0.25, 0.3) is 0 Å². The highest BCUT2D eigenvalue weighted by atomic mass is 32.1. The second-order valence-electron chi connectivity index (χ2n) is 5.14. The number of carbonyl (C=O) groups excluding carboxylic acids is 1. The van der Waals surface area contributed by atoms with Crippen molar-refractivity contribution in [1.82, 2.24) is 0 Å². The summed E-state index contributed by atoms with van der Waals surface area (Å²) in [7, 11) is 0. The summed E-state index contributed by atoms with van der Waals surface area (Å²) < 4.78 is 0. The van der Waals surface area contributed by atoms with Crippen molar-refractivity contribution in [1.29, 1.82) is 5.26 Å². The van der Waals surface area contributed by atoms with Crippen molar-refractivity contribution in [3.05, 3.63) is 27.8 Å². The van der Waals surface area contributed by atoms with Crippen LogP contribution in [0.5, 0.6) is 0 Å². The number of ketones is 1. The lowest BCUT2D eigenvalue weighted by molar-refractivity contribution is -0.118. The minimum absolute atomic E-state index is 0.282. The molecule has 0 saturated carbocycles. The minimum atomic E-state index is 0.282. The Bertz CT molecular complexity index is 592. The maximum atomic E-state index is 11.5. The second-order valence-corrected chi connectivity index (χ2v) is 6.24. The van der Waals surface area contributed by atoms with E-state index in [1.165, 1.54) is 23.3 Å². The van der Waals surface area contributed by atoms with Gasteiger partial charge in [-0.3, -0.25) is 4.79 Å². The molecule has 0 fully saturated rings. The van der Waals surface area contributed by atoms with Crippen LogP contribution < -0.4 is 5.32 Å². The molecule has 2 aliphatic carbocycles. The average molecular weight is 272 g/mol. The number of nitriles is 1.